The van der Waals surface area contributed by atoms with Gasteiger partial charge in [0.15, 0.2) is 0 Å². The van der Waals surface area contributed by atoms with E-state index in [0.717, 1.165) is 12.2 Å². The molecule has 2 nitrogen and oxygen atoms in total. The molecule has 0 aliphatic carbocycles. The molecule has 2 heterocycles. The van der Waals surface area contributed by atoms with E-state index in [1.165, 1.54) is 31.5 Å². The Kier molecular flexibility index (Phi) is 2.48. The van der Waals surface area contributed by atoms with Crippen LogP contribution in [0.3, 0.4) is 0 Å². The molecule has 1 aliphatic rings. The monoisotopic (exact) mass is 176 g/mol. The average Bonchev–Trinajstić information content (AvgIpc) is 2.71. The van der Waals surface area contributed by atoms with Crippen LogP contribution in [-0.2, 0) is 6.42 Å². The standard InChI is InChI=1S/C11H16N2/c1-2-10-5-6-12-11(9-10)13-7-3-4-8-13/h5-6,9H,2-4,7-8H2,1H3. The normalized spacial score (nSPS) is 16.5. The highest BCUT2D eigenvalue weighted by Gasteiger charge is 2.12. The molecule has 0 bridgehead atoms. The van der Waals surface area contributed by atoms with E-state index in [-0.39, 0.29) is 0 Å². The minimum atomic E-state index is 1.10. The van der Waals surface area contributed by atoms with E-state index in [2.05, 4.69) is 28.9 Å². The van der Waals surface area contributed by atoms with Crippen molar-refractivity contribution >= 4 is 5.82 Å². The third-order valence-corrected chi connectivity index (χ3v) is 2.65. The van der Waals surface area contributed by atoms with Crippen molar-refractivity contribution in [1.82, 2.24) is 4.98 Å². The highest BCUT2D eigenvalue weighted by Crippen LogP contribution is 2.18. The fourth-order valence-corrected chi connectivity index (χ4v) is 1.80. The Morgan fingerprint density at radius 3 is 2.85 bits per heavy atom. The predicted octanol–water partition coefficient (Wildman–Crippen LogP) is 2.24. The smallest absolute Gasteiger partial charge is 0.128 e. The van der Waals surface area contributed by atoms with Gasteiger partial charge in [0.2, 0.25) is 0 Å². The SMILES string of the molecule is CCc1ccnc(N2CCCC2)c1. The molecule has 0 atom stereocenters. The van der Waals surface area contributed by atoms with Crippen LogP contribution in [0.2, 0.25) is 0 Å². The van der Waals surface area contributed by atoms with Gasteiger partial charge in [-0.25, -0.2) is 4.98 Å². The quantitative estimate of drug-likeness (QED) is 0.687. The molecule has 0 N–H and O–H groups in total. The van der Waals surface area contributed by atoms with Crippen LogP contribution in [-0.4, -0.2) is 18.1 Å². The molecule has 0 saturated carbocycles. The molecule has 0 spiro atoms. The maximum atomic E-state index is 4.40. The van der Waals surface area contributed by atoms with Gasteiger partial charge in [-0.3, -0.25) is 0 Å². The lowest BCUT2D eigenvalue weighted by Gasteiger charge is -2.16. The van der Waals surface area contributed by atoms with Gasteiger partial charge in [0, 0.05) is 19.3 Å². The van der Waals surface area contributed by atoms with Gasteiger partial charge in [-0.05, 0) is 37.0 Å². The van der Waals surface area contributed by atoms with Crippen molar-refractivity contribution in [2.24, 2.45) is 0 Å². The van der Waals surface area contributed by atoms with Gasteiger partial charge in [-0.15, -0.1) is 0 Å². The van der Waals surface area contributed by atoms with E-state index < -0.39 is 0 Å². The van der Waals surface area contributed by atoms with Crippen LogP contribution in [0.25, 0.3) is 0 Å². The molecular weight excluding hydrogens is 160 g/mol. The van der Waals surface area contributed by atoms with Crippen molar-refractivity contribution in [2.75, 3.05) is 18.0 Å². The summed E-state index contributed by atoms with van der Waals surface area (Å²) in [7, 11) is 0. The molecular formula is C11H16N2. The molecule has 2 heteroatoms. The summed E-state index contributed by atoms with van der Waals surface area (Å²) in [6.45, 7) is 4.55. The third-order valence-electron chi connectivity index (χ3n) is 2.65. The summed E-state index contributed by atoms with van der Waals surface area (Å²) in [5.41, 5.74) is 1.39. The zero-order valence-corrected chi connectivity index (χ0v) is 8.16. The largest absolute Gasteiger partial charge is 0.357 e. The Morgan fingerprint density at radius 1 is 1.38 bits per heavy atom. The highest BCUT2D eigenvalue weighted by atomic mass is 15.2. The number of hydrogen-bond acceptors (Lipinski definition) is 2. The average molecular weight is 176 g/mol. The van der Waals surface area contributed by atoms with Crippen LogP contribution in [0.5, 0.6) is 0 Å². The maximum absolute atomic E-state index is 4.40. The molecule has 2 rings (SSSR count). The lowest BCUT2D eigenvalue weighted by atomic mass is 10.2. The predicted molar refractivity (Wildman–Crippen MR) is 55.1 cm³/mol. The van der Waals surface area contributed by atoms with Gasteiger partial charge >= 0.3 is 0 Å². The Hall–Kier alpha value is -1.05. The Balaban J connectivity index is 2.18. The molecule has 0 aromatic carbocycles. The van der Waals surface area contributed by atoms with Gasteiger partial charge in [0.25, 0.3) is 0 Å². The number of aryl methyl sites for hydroxylation is 1. The molecule has 0 amide bonds. The molecule has 1 aromatic rings. The first-order chi connectivity index (χ1) is 6.40. The number of nitrogens with zero attached hydrogens (tertiary/aromatic N) is 2. The first-order valence-electron chi connectivity index (χ1n) is 5.10. The molecule has 1 aromatic heterocycles. The molecule has 1 fully saturated rings. The van der Waals surface area contributed by atoms with Crippen molar-refractivity contribution in [3.8, 4) is 0 Å². The summed E-state index contributed by atoms with van der Waals surface area (Å²) in [6, 6.07) is 4.31. The summed E-state index contributed by atoms with van der Waals surface area (Å²) in [5, 5.41) is 0. The maximum Gasteiger partial charge on any atom is 0.128 e. The fraction of sp³-hybridized carbons (Fsp3) is 0.545. The highest BCUT2D eigenvalue weighted by molar-refractivity contribution is 5.41. The lowest BCUT2D eigenvalue weighted by molar-refractivity contribution is 0.931. The molecule has 0 unspecified atom stereocenters. The van der Waals surface area contributed by atoms with Crippen LogP contribution < -0.4 is 4.90 Å². The second-order valence-electron chi connectivity index (χ2n) is 3.57. The summed E-state index contributed by atoms with van der Waals surface area (Å²) in [6.07, 6.45) is 5.66. The summed E-state index contributed by atoms with van der Waals surface area (Å²) < 4.78 is 0. The van der Waals surface area contributed by atoms with Crippen LogP contribution in [0, 0.1) is 0 Å². The van der Waals surface area contributed by atoms with E-state index in [9.17, 15) is 0 Å². The number of aromatic nitrogens is 1. The van der Waals surface area contributed by atoms with E-state index in [1.807, 2.05) is 6.20 Å². The van der Waals surface area contributed by atoms with E-state index >= 15 is 0 Å². The third kappa shape index (κ3) is 1.82. The van der Waals surface area contributed by atoms with Crippen LogP contribution >= 0.6 is 0 Å². The minimum absolute atomic E-state index is 1.10. The zero-order chi connectivity index (χ0) is 9.10. The molecule has 1 saturated heterocycles. The van der Waals surface area contributed by atoms with Gasteiger partial charge in [-0.1, -0.05) is 6.92 Å². The number of pyridine rings is 1. The first-order valence-corrected chi connectivity index (χ1v) is 5.10. The van der Waals surface area contributed by atoms with E-state index in [1.54, 1.807) is 0 Å². The topological polar surface area (TPSA) is 16.1 Å². The molecule has 70 valence electrons. The van der Waals surface area contributed by atoms with Gasteiger partial charge in [-0.2, -0.15) is 0 Å². The second-order valence-corrected chi connectivity index (χ2v) is 3.57. The molecule has 0 radical (unpaired) electrons. The fourth-order valence-electron chi connectivity index (χ4n) is 1.80. The number of hydrogen-bond donors (Lipinski definition) is 0. The summed E-state index contributed by atoms with van der Waals surface area (Å²) >= 11 is 0. The summed E-state index contributed by atoms with van der Waals surface area (Å²) in [4.78, 5) is 6.77. The van der Waals surface area contributed by atoms with Crippen molar-refractivity contribution < 1.29 is 0 Å². The van der Waals surface area contributed by atoms with Crippen molar-refractivity contribution in [1.29, 1.82) is 0 Å². The minimum Gasteiger partial charge on any atom is -0.357 e. The van der Waals surface area contributed by atoms with Crippen molar-refractivity contribution in [3.05, 3.63) is 23.9 Å². The first kappa shape index (κ1) is 8.54. The van der Waals surface area contributed by atoms with E-state index in [4.69, 9.17) is 0 Å². The Bertz CT molecular complexity index is 277. The van der Waals surface area contributed by atoms with Crippen molar-refractivity contribution in [3.63, 3.8) is 0 Å². The molecule has 1 aliphatic heterocycles. The molecule has 13 heavy (non-hydrogen) atoms. The summed E-state index contributed by atoms with van der Waals surface area (Å²) in [5.74, 6) is 1.16. The van der Waals surface area contributed by atoms with Gasteiger partial charge in [0.05, 0.1) is 0 Å². The second kappa shape index (κ2) is 3.77. The number of anilines is 1. The Labute approximate surface area is 79.6 Å². The van der Waals surface area contributed by atoms with Crippen LogP contribution in [0.4, 0.5) is 5.82 Å². The van der Waals surface area contributed by atoms with Gasteiger partial charge < -0.3 is 4.90 Å². The van der Waals surface area contributed by atoms with Crippen LogP contribution in [0.1, 0.15) is 25.3 Å². The lowest BCUT2D eigenvalue weighted by Crippen LogP contribution is -2.18. The van der Waals surface area contributed by atoms with Crippen LogP contribution in [0.15, 0.2) is 18.3 Å². The van der Waals surface area contributed by atoms with Gasteiger partial charge in [0.1, 0.15) is 5.82 Å². The van der Waals surface area contributed by atoms with E-state index in [0.29, 0.717) is 0 Å². The zero-order valence-electron chi connectivity index (χ0n) is 8.16. The van der Waals surface area contributed by atoms with Crippen molar-refractivity contribution in [2.45, 2.75) is 26.2 Å². The number of rotatable bonds is 2. The Morgan fingerprint density at radius 2 is 2.15 bits per heavy atom.